The van der Waals surface area contributed by atoms with Crippen LogP contribution in [0.5, 0.6) is 0 Å². The van der Waals surface area contributed by atoms with Crippen LogP contribution in [0.4, 0.5) is 4.39 Å². The summed E-state index contributed by atoms with van der Waals surface area (Å²) in [6.45, 7) is 3.77. The summed E-state index contributed by atoms with van der Waals surface area (Å²) in [6, 6.07) is 4.60. The van der Waals surface area contributed by atoms with Gasteiger partial charge in [0.25, 0.3) is 0 Å². The van der Waals surface area contributed by atoms with Crippen LogP contribution in [-0.2, 0) is 6.54 Å². The van der Waals surface area contributed by atoms with E-state index in [-0.39, 0.29) is 10.9 Å². The van der Waals surface area contributed by atoms with Gasteiger partial charge in [0, 0.05) is 6.54 Å². The molecule has 18 heavy (non-hydrogen) atoms. The Kier molecular flexibility index (Phi) is 5.88. The molecule has 0 saturated heterocycles. The van der Waals surface area contributed by atoms with Crippen molar-refractivity contribution in [3.8, 4) is 0 Å². The number of oxime groups is 1. The van der Waals surface area contributed by atoms with Crippen molar-refractivity contribution in [3.05, 3.63) is 34.6 Å². The fourth-order valence-corrected chi connectivity index (χ4v) is 1.89. The van der Waals surface area contributed by atoms with Crippen molar-refractivity contribution in [1.82, 2.24) is 4.90 Å². The lowest BCUT2D eigenvalue weighted by Gasteiger charge is -2.21. The van der Waals surface area contributed by atoms with Crippen molar-refractivity contribution in [2.24, 2.45) is 10.9 Å². The molecule has 0 fully saturated rings. The summed E-state index contributed by atoms with van der Waals surface area (Å²) >= 11 is 5.73. The van der Waals surface area contributed by atoms with Gasteiger partial charge in [0.05, 0.1) is 11.6 Å². The van der Waals surface area contributed by atoms with Gasteiger partial charge in [-0.3, -0.25) is 4.90 Å². The van der Waals surface area contributed by atoms with Crippen LogP contribution in [0.2, 0.25) is 5.02 Å². The number of nitrogens with two attached hydrogens (primary N) is 1. The van der Waals surface area contributed by atoms with E-state index in [4.69, 9.17) is 22.5 Å². The first-order valence-electron chi connectivity index (χ1n) is 5.69. The van der Waals surface area contributed by atoms with Gasteiger partial charge in [-0.15, -0.1) is 0 Å². The van der Waals surface area contributed by atoms with Crippen molar-refractivity contribution in [3.63, 3.8) is 0 Å². The molecular formula is C12H17ClFN3O. The minimum atomic E-state index is -0.432. The van der Waals surface area contributed by atoms with E-state index in [1.54, 1.807) is 12.1 Å². The maximum absolute atomic E-state index is 13.0. The molecule has 6 heteroatoms. The number of hydrogen-bond acceptors (Lipinski definition) is 3. The lowest BCUT2D eigenvalue weighted by Crippen LogP contribution is -2.34. The van der Waals surface area contributed by atoms with Crippen LogP contribution in [0, 0.1) is 5.82 Å². The smallest absolute Gasteiger partial charge is 0.153 e. The van der Waals surface area contributed by atoms with Crippen LogP contribution >= 0.6 is 11.6 Å². The molecule has 0 bridgehead atoms. The monoisotopic (exact) mass is 273 g/mol. The highest BCUT2D eigenvalue weighted by atomic mass is 35.5. The summed E-state index contributed by atoms with van der Waals surface area (Å²) in [4.78, 5) is 2.00. The van der Waals surface area contributed by atoms with E-state index < -0.39 is 5.82 Å². The molecule has 0 amide bonds. The van der Waals surface area contributed by atoms with E-state index >= 15 is 0 Å². The lowest BCUT2D eigenvalue weighted by molar-refractivity contribution is 0.286. The van der Waals surface area contributed by atoms with Gasteiger partial charge in [-0.1, -0.05) is 29.7 Å². The zero-order valence-electron chi connectivity index (χ0n) is 10.2. The van der Waals surface area contributed by atoms with Crippen LogP contribution in [0.3, 0.4) is 0 Å². The molecule has 100 valence electrons. The molecule has 1 aromatic rings. The molecule has 1 aromatic carbocycles. The summed E-state index contributed by atoms with van der Waals surface area (Å²) in [6.07, 6.45) is 0.938. The summed E-state index contributed by atoms with van der Waals surface area (Å²) in [5.74, 6) is -0.282. The number of hydrogen-bond donors (Lipinski definition) is 2. The van der Waals surface area contributed by atoms with Crippen molar-refractivity contribution < 1.29 is 9.60 Å². The Morgan fingerprint density at radius 1 is 1.56 bits per heavy atom. The SMILES string of the molecule is CCCN(C/C(N)=N/O)Cc1ccc(F)c(Cl)c1. The Morgan fingerprint density at radius 2 is 2.28 bits per heavy atom. The normalized spacial score (nSPS) is 12.1. The maximum atomic E-state index is 13.0. The second-order valence-electron chi connectivity index (χ2n) is 4.05. The predicted molar refractivity (Wildman–Crippen MR) is 70.4 cm³/mol. The molecule has 0 aliphatic heterocycles. The third kappa shape index (κ3) is 4.50. The van der Waals surface area contributed by atoms with E-state index in [1.165, 1.54) is 6.07 Å². The molecule has 4 nitrogen and oxygen atoms in total. The maximum Gasteiger partial charge on any atom is 0.153 e. The largest absolute Gasteiger partial charge is 0.409 e. The zero-order chi connectivity index (χ0) is 13.5. The lowest BCUT2D eigenvalue weighted by atomic mass is 10.2. The van der Waals surface area contributed by atoms with E-state index in [2.05, 4.69) is 5.16 Å². The predicted octanol–water partition coefficient (Wildman–Crippen LogP) is 2.44. The minimum absolute atomic E-state index is 0.104. The molecule has 0 aromatic heterocycles. The van der Waals surface area contributed by atoms with Gasteiger partial charge in [0.15, 0.2) is 5.84 Å². The Balaban J connectivity index is 2.73. The van der Waals surface area contributed by atoms with Crippen molar-refractivity contribution >= 4 is 17.4 Å². The Labute approximate surface area is 111 Å². The van der Waals surface area contributed by atoms with Gasteiger partial charge in [-0.25, -0.2) is 4.39 Å². The van der Waals surface area contributed by atoms with Crippen molar-refractivity contribution in [2.45, 2.75) is 19.9 Å². The molecule has 0 unspecified atom stereocenters. The van der Waals surface area contributed by atoms with Crippen LogP contribution < -0.4 is 5.73 Å². The minimum Gasteiger partial charge on any atom is -0.409 e. The first-order valence-corrected chi connectivity index (χ1v) is 6.07. The summed E-state index contributed by atoms with van der Waals surface area (Å²) in [5.41, 5.74) is 6.37. The van der Waals surface area contributed by atoms with E-state index in [9.17, 15) is 4.39 Å². The standard InChI is InChI=1S/C12H17ClFN3O/c1-2-5-17(8-12(15)16-18)7-9-3-4-11(14)10(13)6-9/h3-4,6,18H,2,5,7-8H2,1H3,(H2,15,16). The number of rotatable bonds is 6. The van der Waals surface area contributed by atoms with Crippen LogP contribution in [0.1, 0.15) is 18.9 Å². The first-order chi connectivity index (χ1) is 8.56. The van der Waals surface area contributed by atoms with E-state index in [0.29, 0.717) is 13.1 Å². The quantitative estimate of drug-likeness (QED) is 0.362. The van der Waals surface area contributed by atoms with Crippen LogP contribution in [-0.4, -0.2) is 29.0 Å². The fourth-order valence-electron chi connectivity index (χ4n) is 1.69. The van der Waals surface area contributed by atoms with Gasteiger partial charge < -0.3 is 10.9 Å². The molecule has 0 aliphatic rings. The van der Waals surface area contributed by atoms with Gasteiger partial charge in [0.1, 0.15) is 5.82 Å². The first kappa shape index (κ1) is 14.7. The number of nitrogens with zero attached hydrogens (tertiary/aromatic N) is 2. The number of amidine groups is 1. The second kappa shape index (κ2) is 7.18. The average molecular weight is 274 g/mol. The van der Waals surface area contributed by atoms with Gasteiger partial charge in [0.2, 0.25) is 0 Å². The van der Waals surface area contributed by atoms with Crippen molar-refractivity contribution in [2.75, 3.05) is 13.1 Å². The molecule has 0 heterocycles. The molecule has 0 spiro atoms. The summed E-state index contributed by atoms with van der Waals surface area (Å²) in [5, 5.41) is 11.6. The highest BCUT2D eigenvalue weighted by Gasteiger charge is 2.09. The number of halogens is 2. The van der Waals surface area contributed by atoms with Gasteiger partial charge in [-0.05, 0) is 30.7 Å². The molecule has 3 N–H and O–H groups in total. The second-order valence-corrected chi connectivity index (χ2v) is 4.46. The Bertz CT molecular complexity index is 426. The van der Waals surface area contributed by atoms with E-state index in [1.807, 2.05) is 11.8 Å². The van der Waals surface area contributed by atoms with Crippen LogP contribution in [0.25, 0.3) is 0 Å². The third-order valence-electron chi connectivity index (χ3n) is 2.44. The zero-order valence-corrected chi connectivity index (χ0v) is 11.0. The topological polar surface area (TPSA) is 61.8 Å². The highest BCUT2D eigenvalue weighted by molar-refractivity contribution is 6.30. The van der Waals surface area contributed by atoms with Gasteiger partial charge >= 0.3 is 0 Å². The fraction of sp³-hybridized carbons (Fsp3) is 0.417. The molecule has 0 saturated carbocycles. The average Bonchev–Trinajstić information content (AvgIpc) is 2.34. The molecule has 0 radical (unpaired) electrons. The van der Waals surface area contributed by atoms with Crippen LogP contribution in [0.15, 0.2) is 23.4 Å². The highest BCUT2D eigenvalue weighted by Crippen LogP contribution is 2.17. The van der Waals surface area contributed by atoms with Gasteiger partial charge in [-0.2, -0.15) is 0 Å². The Morgan fingerprint density at radius 3 is 2.83 bits per heavy atom. The summed E-state index contributed by atoms with van der Waals surface area (Å²) < 4.78 is 13.0. The molecule has 0 aliphatic carbocycles. The summed E-state index contributed by atoms with van der Waals surface area (Å²) in [7, 11) is 0. The molecular weight excluding hydrogens is 257 g/mol. The number of benzene rings is 1. The molecule has 0 atom stereocenters. The van der Waals surface area contributed by atoms with E-state index in [0.717, 1.165) is 18.5 Å². The third-order valence-corrected chi connectivity index (χ3v) is 2.73. The molecule has 1 rings (SSSR count). The Hall–Kier alpha value is -1.33. The van der Waals surface area contributed by atoms with Crippen molar-refractivity contribution in [1.29, 1.82) is 0 Å².